The van der Waals surface area contributed by atoms with Crippen molar-refractivity contribution in [2.24, 2.45) is 0 Å². The van der Waals surface area contributed by atoms with Crippen molar-refractivity contribution in [3.05, 3.63) is 71.2 Å². The number of hydrogen-bond acceptors (Lipinski definition) is 2. The van der Waals surface area contributed by atoms with Gasteiger partial charge in [-0.2, -0.15) is 5.26 Å². The molecule has 0 aliphatic heterocycles. The molecule has 0 aliphatic rings. The molecule has 0 N–H and O–H groups in total. The van der Waals surface area contributed by atoms with E-state index in [2.05, 4.69) is 6.07 Å². The highest BCUT2D eigenvalue weighted by Crippen LogP contribution is 2.38. The van der Waals surface area contributed by atoms with Crippen LogP contribution in [0.5, 0.6) is 0 Å². The molecule has 0 saturated heterocycles. The van der Waals surface area contributed by atoms with E-state index < -0.39 is 0 Å². The van der Waals surface area contributed by atoms with Gasteiger partial charge in [-0.3, -0.25) is 0 Å². The molecule has 0 radical (unpaired) electrons. The third-order valence-corrected chi connectivity index (χ3v) is 4.03. The van der Waals surface area contributed by atoms with Gasteiger partial charge in [-0.1, -0.05) is 41.9 Å². The SMILES string of the molecule is N#Cc1ccccc1-c1cccc2oc3cc(Cl)ccc3c12. The molecule has 4 aromatic rings. The molecule has 4 rings (SSSR count). The number of hydrogen-bond donors (Lipinski definition) is 0. The van der Waals surface area contributed by atoms with Crippen molar-refractivity contribution in [1.82, 2.24) is 0 Å². The topological polar surface area (TPSA) is 36.9 Å². The van der Waals surface area contributed by atoms with Gasteiger partial charge in [-0.25, -0.2) is 0 Å². The summed E-state index contributed by atoms with van der Waals surface area (Å²) in [6.07, 6.45) is 0. The summed E-state index contributed by atoms with van der Waals surface area (Å²) >= 11 is 6.05. The molecule has 0 atom stereocenters. The number of furan rings is 1. The monoisotopic (exact) mass is 303 g/mol. The molecule has 0 bridgehead atoms. The molecule has 22 heavy (non-hydrogen) atoms. The van der Waals surface area contributed by atoms with E-state index >= 15 is 0 Å². The van der Waals surface area contributed by atoms with Gasteiger partial charge in [-0.15, -0.1) is 0 Å². The van der Waals surface area contributed by atoms with Crippen LogP contribution in [0.3, 0.4) is 0 Å². The lowest BCUT2D eigenvalue weighted by Gasteiger charge is -2.05. The first-order chi connectivity index (χ1) is 10.8. The first-order valence-electron chi connectivity index (χ1n) is 6.88. The average molecular weight is 304 g/mol. The van der Waals surface area contributed by atoms with Gasteiger partial charge >= 0.3 is 0 Å². The summed E-state index contributed by atoms with van der Waals surface area (Å²) in [4.78, 5) is 0. The molecule has 3 aromatic carbocycles. The number of benzene rings is 3. The van der Waals surface area contributed by atoms with Crippen molar-refractivity contribution >= 4 is 33.5 Å². The highest BCUT2D eigenvalue weighted by molar-refractivity contribution is 6.31. The van der Waals surface area contributed by atoms with E-state index in [-0.39, 0.29) is 0 Å². The Morgan fingerprint density at radius 2 is 1.68 bits per heavy atom. The Bertz CT molecular complexity index is 1060. The summed E-state index contributed by atoms with van der Waals surface area (Å²) in [5.74, 6) is 0. The van der Waals surface area contributed by atoms with Gasteiger partial charge in [0.05, 0.1) is 11.6 Å². The van der Waals surface area contributed by atoms with Crippen LogP contribution in [0.15, 0.2) is 65.1 Å². The molecule has 0 saturated carbocycles. The number of fused-ring (bicyclic) bond motifs is 3. The van der Waals surface area contributed by atoms with Gasteiger partial charge in [-0.05, 0) is 29.8 Å². The second-order valence-corrected chi connectivity index (χ2v) is 5.52. The van der Waals surface area contributed by atoms with Crippen molar-refractivity contribution in [2.75, 3.05) is 0 Å². The molecule has 1 aromatic heterocycles. The lowest BCUT2D eigenvalue weighted by atomic mass is 9.96. The van der Waals surface area contributed by atoms with Crippen LogP contribution in [0.2, 0.25) is 5.02 Å². The minimum atomic E-state index is 0.644. The summed E-state index contributed by atoms with van der Waals surface area (Å²) in [6, 6.07) is 21.4. The molecule has 0 aliphatic carbocycles. The van der Waals surface area contributed by atoms with Crippen molar-refractivity contribution in [1.29, 1.82) is 5.26 Å². The maximum absolute atomic E-state index is 9.36. The van der Waals surface area contributed by atoms with E-state index in [1.165, 1.54) is 0 Å². The Kier molecular flexibility index (Phi) is 2.89. The Hall–Kier alpha value is -2.76. The lowest BCUT2D eigenvalue weighted by Crippen LogP contribution is -1.84. The molecule has 0 spiro atoms. The second kappa shape index (κ2) is 4.91. The average Bonchev–Trinajstić information content (AvgIpc) is 2.92. The predicted molar refractivity (Wildman–Crippen MR) is 88.9 cm³/mol. The summed E-state index contributed by atoms with van der Waals surface area (Å²) < 4.78 is 5.90. The van der Waals surface area contributed by atoms with E-state index in [0.29, 0.717) is 10.6 Å². The van der Waals surface area contributed by atoms with Crippen LogP contribution in [0.1, 0.15) is 5.56 Å². The number of nitriles is 1. The van der Waals surface area contributed by atoms with Gasteiger partial charge < -0.3 is 4.42 Å². The fourth-order valence-corrected chi connectivity index (χ4v) is 3.00. The Balaban J connectivity index is 2.15. The third kappa shape index (κ3) is 1.88. The number of nitrogens with zero attached hydrogens (tertiary/aromatic N) is 1. The molecule has 3 heteroatoms. The molecule has 0 fully saturated rings. The maximum atomic E-state index is 9.36. The van der Waals surface area contributed by atoms with Crippen molar-refractivity contribution in [2.45, 2.75) is 0 Å². The standard InChI is InChI=1S/C19H10ClNO/c20-13-8-9-16-18(10-13)22-17-7-3-6-15(19(16)17)14-5-2-1-4-12(14)11-21/h1-10H. The fourth-order valence-electron chi connectivity index (χ4n) is 2.84. The van der Waals surface area contributed by atoms with Crippen LogP contribution < -0.4 is 0 Å². The van der Waals surface area contributed by atoms with Crippen LogP contribution in [0, 0.1) is 11.3 Å². The first kappa shape index (κ1) is 12.9. The summed E-state index contributed by atoms with van der Waals surface area (Å²) in [5.41, 5.74) is 4.11. The third-order valence-electron chi connectivity index (χ3n) is 3.80. The highest BCUT2D eigenvalue weighted by atomic mass is 35.5. The Morgan fingerprint density at radius 3 is 2.55 bits per heavy atom. The van der Waals surface area contributed by atoms with Crippen LogP contribution in [0.25, 0.3) is 33.1 Å². The van der Waals surface area contributed by atoms with Crippen LogP contribution in [-0.2, 0) is 0 Å². The van der Waals surface area contributed by atoms with E-state index in [0.717, 1.165) is 33.1 Å². The van der Waals surface area contributed by atoms with Crippen LogP contribution >= 0.6 is 11.6 Å². The highest BCUT2D eigenvalue weighted by Gasteiger charge is 2.14. The summed E-state index contributed by atoms with van der Waals surface area (Å²) in [5, 5.41) is 12.0. The zero-order valence-electron chi connectivity index (χ0n) is 11.5. The van der Waals surface area contributed by atoms with Gasteiger partial charge in [0.2, 0.25) is 0 Å². The Morgan fingerprint density at radius 1 is 0.864 bits per heavy atom. The van der Waals surface area contributed by atoms with Crippen molar-refractivity contribution < 1.29 is 4.42 Å². The number of halogens is 1. The molecular weight excluding hydrogens is 294 g/mol. The smallest absolute Gasteiger partial charge is 0.136 e. The summed E-state index contributed by atoms with van der Waals surface area (Å²) in [6.45, 7) is 0. The van der Waals surface area contributed by atoms with Crippen LogP contribution in [0.4, 0.5) is 0 Å². The maximum Gasteiger partial charge on any atom is 0.136 e. The van der Waals surface area contributed by atoms with Gasteiger partial charge in [0, 0.05) is 27.4 Å². The van der Waals surface area contributed by atoms with E-state index in [1.807, 2.05) is 60.7 Å². The van der Waals surface area contributed by atoms with E-state index in [9.17, 15) is 5.26 Å². The van der Waals surface area contributed by atoms with Gasteiger partial charge in [0.25, 0.3) is 0 Å². The van der Waals surface area contributed by atoms with Crippen molar-refractivity contribution in [3.8, 4) is 17.2 Å². The van der Waals surface area contributed by atoms with E-state index in [4.69, 9.17) is 16.0 Å². The Labute approximate surface area is 132 Å². The van der Waals surface area contributed by atoms with Crippen molar-refractivity contribution in [3.63, 3.8) is 0 Å². The lowest BCUT2D eigenvalue weighted by molar-refractivity contribution is 0.669. The molecular formula is C19H10ClNO. The molecule has 104 valence electrons. The zero-order chi connectivity index (χ0) is 15.1. The molecule has 0 unspecified atom stereocenters. The quantitative estimate of drug-likeness (QED) is 0.447. The predicted octanol–water partition coefficient (Wildman–Crippen LogP) is 5.78. The normalized spacial score (nSPS) is 10.9. The second-order valence-electron chi connectivity index (χ2n) is 5.08. The minimum absolute atomic E-state index is 0.644. The first-order valence-corrected chi connectivity index (χ1v) is 7.26. The summed E-state index contributed by atoms with van der Waals surface area (Å²) in [7, 11) is 0. The van der Waals surface area contributed by atoms with Gasteiger partial charge in [0.1, 0.15) is 11.2 Å². The van der Waals surface area contributed by atoms with Crippen LogP contribution in [-0.4, -0.2) is 0 Å². The largest absolute Gasteiger partial charge is 0.456 e. The fraction of sp³-hybridized carbons (Fsp3) is 0. The minimum Gasteiger partial charge on any atom is -0.456 e. The van der Waals surface area contributed by atoms with Gasteiger partial charge in [0.15, 0.2) is 0 Å². The zero-order valence-corrected chi connectivity index (χ0v) is 12.3. The molecule has 2 nitrogen and oxygen atoms in total. The number of rotatable bonds is 1. The molecule has 0 amide bonds. The molecule has 1 heterocycles. The van der Waals surface area contributed by atoms with E-state index in [1.54, 1.807) is 0 Å².